The number of benzene rings is 1. The molecule has 0 radical (unpaired) electrons. The number of pyridine rings is 1. The Kier molecular flexibility index (Phi) is 5.96. The van der Waals surface area contributed by atoms with E-state index in [0.717, 1.165) is 11.1 Å². The molecule has 0 saturated carbocycles. The van der Waals surface area contributed by atoms with Crippen LogP contribution >= 0.6 is 0 Å². The summed E-state index contributed by atoms with van der Waals surface area (Å²) in [7, 11) is 1.60. The van der Waals surface area contributed by atoms with Gasteiger partial charge in [0.05, 0.1) is 12.7 Å². The molecule has 142 valence electrons. The number of hydrogen-bond donors (Lipinski definition) is 0. The predicted molar refractivity (Wildman–Crippen MR) is 108 cm³/mol. The van der Waals surface area contributed by atoms with Crippen LogP contribution in [0.3, 0.4) is 0 Å². The van der Waals surface area contributed by atoms with E-state index in [9.17, 15) is 4.79 Å². The van der Waals surface area contributed by atoms with Crippen LogP contribution in [0.2, 0.25) is 0 Å². The molecule has 28 heavy (non-hydrogen) atoms. The van der Waals surface area contributed by atoms with Crippen molar-refractivity contribution in [3.05, 3.63) is 76.9 Å². The molecule has 7 heteroatoms. The molecule has 0 aliphatic carbocycles. The molecular formula is C21H20N4O3. The smallest absolute Gasteiger partial charge is 0.259 e. The largest absolute Gasteiger partial charge is 0.497 e. The Labute approximate surface area is 162 Å². The van der Waals surface area contributed by atoms with Gasteiger partial charge in [-0.15, -0.1) is 0 Å². The number of allylic oxidation sites excluding steroid dienone is 3. The van der Waals surface area contributed by atoms with Crippen LogP contribution in [0.4, 0.5) is 0 Å². The summed E-state index contributed by atoms with van der Waals surface area (Å²) in [6.45, 7) is 5.75. The number of rotatable bonds is 7. The fraction of sp³-hybridized carbons (Fsp3) is 0.143. The van der Waals surface area contributed by atoms with Crippen molar-refractivity contribution in [2.24, 2.45) is 4.99 Å². The maximum Gasteiger partial charge on any atom is 0.259 e. The predicted octanol–water partition coefficient (Wildman–Crippen LogP) is 3.73. The normalized spacial score (nSPS) is 11.7. The molecule has 3 rings (SSSR count). The second kappa shape index (κ2) is 8.77. The number of ether oxygens (including phenoxy) is 1. The molecule has 2 heterocycles. The molecule has 0 amide bonds. The van der Waals surface area contributed by atoms with E-state index in [1.54, 1.807) is 36.2 Å². The summed E-state index contributed by atoms with van der Waals surface area (Å²) in [5.41, 5.74) is 2.32. The molecule has 0 N–H and O–H groups in total. The summed E-state index contributed by atoms with van der Waals surface area (Å²) in [4.78, 5) is 20.3. The Hall–Kier alpha value is -3.74. The summed E-state index contributed by atoms with van der Waals surface area (Å²) >= 11 is 0. The average molecular weight is 376 g/mol. The second-order valence-corrected chi connectivity index (χ2v) is 6.08. The van der Waals surface area contributed by atoms with Crippen LogP contribution in [0.25, 0.3) is 22.8 Å². The summed E-state index contributed by atoms with van der Waals surface area (Å²) in [6.07, 6.45) is 6.94. The fourth-order valence-electron chi connectivity index (χ4n) is 2.59. The van der Waals surface area contributed by atoms with Gasteiger partial charge in [0.2, 0.25) is 5.82 Å². The van der Waals surface area contributed by atoms with Crippen LogP contribution in [-0.2, 0) is 6.54 Å². The maximum atomic E-state index is 12.2. The minimum absolute atomic E-state index is 0.116. The first-order valence-electron chi connectivity index (χ1n) is 8.58. The van der Waals surface area contributed by atoms with E-state index in [2.05, 4.69) is 21.9 Å². The molecular weight excluding hydrogens is 356 g/mol. The first kappa shape index (κ1) is 19.0. The highest BCUT2D eigenvalue weighted by atomic mass is 16.5. The zero-order valence-electron chi connectivity index (χ0n) is 15.7. The molecule has 7 nitrogen and oxygen atoms in total. The Morgan fingerprint density at radius 2 is 2.18 bits per heavy atom. The number of hydrogen-bond acceptors (Lipinski definition) is 6. The third-order valence-corrected chi connectivity index (χ3v) is 3.98. The zero-order chi connectivity index (χ0) is 19.9. The van der Waals surface area contributed by atoms with Crippen molar-refractivity contribution >= 4 is 6.72 Å². The van der Waals surface area contributed by atoms with Crippen LogP contribution in [0, 0.1) is 0 Å². The Bertz CT molecular complexity index is 1090. The minimum Gasteiger partial charge on any atom is -0.497 e. The van der Waals surface area contributed by atoms with Gasteiger partial charge < -0.3 is 13.8 Å². The van der Waals surface area contributed by atoms with Crippen molar-refractivity contribution in [2.75, 3.05) is 7.11 Å². The lowest BCUT2D eigenvalue weighted by Gasteiger charge is -2.06. The van der Waals surface area contributed by atoms with Gasteiger partial charge in [0.1, 0.15) is 5.75 Å². The van der Waals surface area contributed by atoms with Gasteiger partial charge in [0.25, 0.3) is 11.4 Å². The van der Waals surface area contributed by atoms with Crippen LogP contribution in [-0.4, -0.2) is 28.5 Å². The van der Waals surface area contributed by atoms with Gasteiger partial charge in [-0.05, 0) is 37.9 Å². The highest BCUT2D eigenvalue weighted by Crippen LogP contribution is 2.24. The SMILES string of the molecule is C=N/C=C\C=C(/C)Cn1cc(-c2nc(-c3cccc(OC)c3)no2)ccc1=O. The van der Waals surface area contributed by atoms with Crippen LogP contribution in [0.15, 0.2) is 80.8 Å². The van der Waals surface area contributed by atoms with Crippen molar-refractivity contribution in [3.63, 3.8) is 0 Å². The van der Waals surface area contributed by atoms with Gasteiger partial charge in [-0.25, -0.2) is 0 Å². The van der Waals surface area contributed by atoms with Gasteiger partial charge in [0.15, 0.2) is 0 Å². The lowest BCUT2D eigenvalue weighted by molar-refractivity contribution is 0.414. The van der Waals surface area contributed by atoms with Crippen LogP contribution < -0.4 is 10.3 Å². The van der Waals surface area contributed by atoms with Crippen molar-refractivity contribution in [3.8, 4) is 28.6 Å². The summed E-state index contributed by atoms with van der Waals surface area (Å²) in [6, 6.07) is 10.6. The minimum atomic E-state index is -0.116. The number of methoxy groups -OCH3 is 1. The number of aromatic nitrogens is 3. The second-order valence-electron chi connectivity index (χ2n) is 6.08. The van der Waals surface area contributed by atoms with E-state index < -0.39 is 0 Å². The van der Waals surface area contributed by atoms with Crippen LogP contribution in [0.1, 0.15) is 6.92 Å². The summed E-state index contributed by atoms with van der Waals surface area (Å²) in [5, 5.41) is 4.04. The van der Waals surface area contributed by atoms with Gasteiger partial charge >= 0.3 is 0 Å². The topological polar surface area (TPSA) is 82.5 Å². The van der Waals surface area contributed by atoms with Gasteiger partial charge in [-0.2, -0.15) is 4.98 Å². The molecule has 3 aromatic rings. The van der Waals surface area contributed by atoms with Gasteiger partial charge in [-0.3, -0.25) is 9.79 Å². The fourth-order valence-corrected chi connectivity index (χ4v) is 2.59. The van der Waals surface area contributed by atoms with Crippen molar-refractivity contribution < 1.29 is 9.26 Å². The Morgan fingerprint density at radius 1 is 1.32 bits per heavy atom. The highest BCUT2D eigenvalue weighted by molar-refractivity contribution is 5.60. The molecule has 0 aliphatic rings. The highest BCUT2D eigenvalue weighted by Gasteiger charge is 2.12. The van der Waals surface area contributed by atoms with Crippen molar-refractivity contribution in [1.82, 2.24) is 14.7 Å². The van der Waals surface area contributed by atoms with Crippen LogP contribution in [0.5, 0.6) is 5.75 Å². The number of aliphatic imine (C=N–C) groups is 1. The quantitative estimate of drug-likeness (QED) is 0.463. The Balaban J connectivity index is 1.87. The summed E-state index contributed by atoms with van der Waals surface area (Å²) in [5.74, 6) is 1.49. The van der Waals surface area contributed by atoms with Crippen molar-refractivity contribution in [1.29, 1.82) is 0 Å². The van der Waals surface area contributed by atoms with E-state index in [0.29, 0.717) is 29.6 Å². The third kappa shape index (κ3) is 4.50. The zero-order valence-corrected chi connectivity index (χ0v) is 15.7. The Morgan fingerprint density at radius 3 is 2.96 bits per heavy atom. The molecule has 0 saturated heterocycles. The molecule has 0 spiro atoms. The van der Waals surface area contributed by atoms with E-state index in [-0.39, 0.29) is 5.56 Å². The van der Waals surface area contributed by atoms with E-state index in [1.165, 1.54) is 6.07 Å². The molecule has 1 aromatic carbocycles. The third-order valence-electron chi connectivity index (χ3n) is 3.98. The molecule has 0 atom stereocenters. The van der Waals surface area contributed by atoms with Crippen molar-refractivity contribution in [2.45, 2.75) is 13.5 Å². The first-order valence-corrected chi connectivity index (χ1v) is 8.58. The molecule has 0 unspecified atom stereocenters. The molecule has 0 bridgehead atoms. The lowest BCUT2D eigenvalue weighted by atomic mass is 10.2. The van der Waals surface area contributed by atoms with E-state index >= 15 is 0 Å². The standard InChI is InChI=1S/C21H20N4O3/c1-15(6-5-11-22-2)13-25-14-17(9-10-19(25)26)21-23-20(24-28-21)16-7-4-8-18(12-16)27-3/h4-12,14H,2,13H2,1,3H3/b11-5-,15-6+. The summed E-state index contributed by atoms with van der Waals surface area (Å²) < 4.78 is 12.2. The van der Waals surface area contributed by atoms with E-state index in [4.69, 9.17) is 9.26 Å². The molecule has 2 aromatic heterocycles. The monoisotopic (exact) mass is 376 g/mol. The average Bonchev–Trinajstić information content (AvgIpc) is 3.20. The van der Waals surface area contributed by atoms with Gasteiger partial charge in [-0.1, -0.05) is 28.9 Å². The van der Waals surface area contributed by atoms with Gasteiger partial charge in [0, 0.05) is 30.6 Å². The molecule has 0 aliphatic heterocycles. The molecule has 0 fully saturated rings. The number of nitrogens with zero attached hydrogens (tertiary/aromatic N) is 4. The van der Waals surface area contributed by atoms with E-state index in [1.807, 2.05) is 37.3 Å². The first-order chi connectivity index (χ1) is 13.6. The lowest BCUT2D eigenvalue weighted by Crippen LogP contribution is -2.19. The maximum absolute atomic E-state index is 12.2.